The first-order valence-electron chi connectivity index (χ1n) is 11.5. The van der Waals surface area contributed by atoms with Crippen LogP contribution in [-0.2, 0) is 0 Å². The molecule has 0 saturated heterocycles. The second-order valence-corrected chi connectivity index (χ2v) is 9.61. The summed E-state index contributed by atoms with van der Waals surface area (Å²) >= 11 is 6.29. The van der Waals surface area contributed by atoms with Gasteiger partial charge in [-0.2, -0.15) is 0 Å². The molecule has 2 aromatic heterocycles. The van der Waals surface area contributed by atoms with Crippen molar-refractivity contribution in [3.8, 4) is 5.75 Å². The number of nitrogens with two attached hydrogens (primary N) is 1. The van der Waals surface area contributed by atoms with E-state index in [-0.39, 0.29) is 28.4 Å². The molecule has 180 valence electrons. The predicted octanol–water partition coefficient (Wildman–Crippen LogP) is 3.75. The molecule has 1 saturated carbocycles. The van der Waals surface area contributed by atoms with Gasteiger partial charge >= 0.3 is 0 Å². The number of nitrogens with one attached hydrogen (secondary N) is 1. The topological polar surface area (TPSA) is 115 Å². The highest BCUT2D eigenvalue weighted by molar-refractivity contribution is 6.31. The van der Waals surface area contributed by atoms with Gasteiger partial charge in [-0.25, -0.2) is 14.4 Å². The molecule has 0 bridgehead atoms. The van der Waals surface area contributed by atoms with Gasteiger partial charge in [0.1, 0.15) is 28.5 Å². The van der Waals surface area contributed by atoms with Gasteiger partial charge in [0.15, 0.2) is 5.82 Å². The van der Waals surface area contributed by atoms with Crippen LogP contribution in [0.2, 0.25) is 5.02 Å². The first-order valence-corrected chi connectivity index (χ1v) is 11.9. The van der Waals surface area contributed by atoms with Gasteiger partial charge in [-0.05, 0) is 39.2 Å². The third-order valence-corrected chi connectivity index (χ3v) is 7.11. The number of ether oxygens (including phenoxy) is 1. The quantitative estimate of drug-likeness (QED) is 0.518. The minimum atomic E-state index is -0.839. The van der Waals surface area contributed by atoms with Crippen LogP contribution >= 0.6 is 11.6 Å². The van der Waals surface area contributed by atoms with E-state index in [2.05, 4.69) is 10.3 Å². The fraction of sp³-hybridized carbons (Fsp3) is 0.458. The number of imidazole rings is 1. The van der Waals surface area contributed by atoms with E-state index in [1.54, 1.807) is 12.4 Å². The molecule has 34 heavy (non-hydrogen) atoms. The fourth-order valence-electron chi connectivity index (χ4n) is 5.20. The van der Waals surface area contributed by atoms with E-state index in [1.807, 2.05) is 18.2 Å². The van der Waals surface area contributed by atoms with E-state index < -0.39 is 23.9 Å². The smallest absolute Gasteiger partial charge is 0.258 e. The van der Waals surface area contributed by atoms with Gasteiger partial charge in [0, 0.05) is 23.9 Å². The van der Waals surface area contributed by atoms with E-state index in [1.165, 1.54) is 6.07 Å². The van der Waals surface area contributed by atoms with Gasteiger partial charge in [-0.1, -0.05) is 24.4 Å². The lowest BCUT2D eigenvalue weighted by Gasteiger charge is -2.33. The molecule has 1 aliphatic heterocycles. The number of aryl methyl sites for hydroxylation is 1. The Kier molecular flexibility index (Phi) is 5.85. The summed E-state index contributed by atoms with van der Waals surface area (Å²) in [6.07, 6.45) is 5.98. The SMILES string of the molecule is Cc1nc([C@H]2CC(C)Oc3c2cc(Cl)c(F)c3C(=O)N[C@@H]2CCCC[C@@H]2O)n2ccnc(N)c12. The summed E-state index contributed by atoms with van der Waals surface area (Å²) < 4.78 is 23.2. The van der Waals surface area contributed by atoms with Crippen LogP contribution in [0.4, 0.5) is 10.2 Å². The molecule has 1 aromatic carbocycles. The second-order valence-electron chi connectivity index (χ2n) is 9.20. The number of hydrogen-bond donors (Lipinski definition) is 3. The number of nitrogens with zero attached hydrogens (tertiary/aromatic N) is 3. The number of aliphatic hydroxyl groups excluding tert-OH is 1. The molecule has 4 atom stereocenters. The van der Waals surface area contributed by atoms with Crippen LogP contribution in [-0.4, -0.2) is 43.6 Å². The zero-order valence-electron chi connectivity index (χ0n) is 19.0. The number of amides is 1. The molecule has 8 nitrogen and oxygen atoms in total. The number of aliphatic hydroxyl groups is 1. The van der Waals surface area contributed by atoms with Crippen molar-refractivity contribution in [2.75, 3.05) is 5.73 Å². The number of rotatable bonds is 3. The van der Waals surface area contributed by atoms with Gasteiger partial charge in [-0.15, -0.1) is 0 Å². The Morgan fingerprint density at radius 3 is 2.91 bits per heavy atom. The molecular formula is C24H27ClFN5O3. The summed E-state index contributed by atoms with van der Waals surface area (Å²) in [6, 6.07) is 1.07. The minimum Gasteiger partial charge on any atom is -0.489 e. The molecule has 1 fully saturated rings. The van der Waals surface area contributed by atoms with Crippen molar-refractivity contribution in [3.63, 3.8) is 0 Å². The summed E-state index contributed by atoms with van der Waals surface area (Å²) in [5, 5.41) is 12.9. The molecule has 2 aliphatic rings. The number of carbonyl (C=O) groups excluding carboxylic acids is 1. The second kappa shape index (κ2) is 8.70. The molecule has 1 unspecified atom stereocenters. The van der Waals surface area contributed by atoms with Crippen molar-refractivity contribution in [2.24, 2.45) is 0 Å². The number of hydrogen-bond acceptors (Lipinski definition) is 6. The molecule has 3 heterocycles. The highest BCUT2D eigenvalue weighted by atomic mass is 35.5. The summed E-state index contributed by atoms with van der Waals surface area (Å²) in [7, 11) is 0. The van der Waals surface area contributed by atoms with Gasteiger partial charge < -0.3 is 20.9 Å². The molecule has 3 aromatic rings. The summed E-state index contributed by atoms with van der Waals surface area (Å²) in [5.74, 6) is -0.588. The van der Waals surface area contributed by atoms with Crippen LogP contribution in [0.3, 0.4) is 0 Å². The van der Waals surface area contributed by atoms with Crippen molar-refractivity contribution in [1.82, 2.24) is 19.7 Å². The van der Waals surface area contributed by atoms with Crippen molar-refractivity contribution >= 4 is 28.8 Å². The Balaban J connectivity index is 1.62. The zero-order chi connectivity index (χ0) is 24.1. The Morgan fingerprint density at radius 1 is 1.38 bits per heavy atom. The Bertz CT molecular complexity index is 1280. The minimum absolute atomic E-state index is 0.157. The third kappa shape index (κ3) is 3.76. The number of halogens is 2. The van der Waals surface area contributed by atoms with Gasteiger partial charge in [-0.3, -0.25) is 9.20 Å². The van der Waals surface area contributed by atoms with Crippen LogP contribution in [0.15, 0.2) is 18.5 Å². The number of anilines is 1. The van der Waals surface area contributed by atoms with Gasteiger partial charge in [0.05, 0.1) is 29.0 Å². The van der Waals surface area contributed by atoms with Crippen LogP contribution < -0.4 is 15.8 Å². The van der Waals surface area contributed by atoms with E-state index in [0.717, 1.165) is 18.5 Å². The highest BCUT2D eigenvalue weighted by Crippen LogP contribution is 2.45. The lowest BCUT2D eigenvalue weighted by atomic mass is 9.87. The molecular weight excluding hydrogens is 461 g/mol. The average molecular weight is 488 g/mol. The van der Waals surface area contributed by atoms with Crippen LogP contribution in [0.25, 0.3) is 5.52 Å². The molecule has 1 aliphatic carbocycles. The Hall–Kier alpha value is -2.91. The predicted molar refractivity (Wildman–Crippen MR) is 126 cm³/mol. The highest BCUT2D eigenvalue weighted by Gasteiger charge is 2.37. The van der Waals surface area contributed by atoms with Crippen molar-refractivity contribution in [1.29, 1.82) is 0 Å². The van der Waals surface area contributed by atoms with E-state index >= 15 is 4.39 Å². The van der Waals surface area contributed by atoms with Gasteiger partial charge in [0.25, 0.3) is 5.91 Å². The molecule has 0 radical (unpaired) electrons. The zero-order valence-corrected chi connectivity index (χ0v) is 19.8. The number of carbonyl (C=O) groups is 1. The van der Waals surface area contributed by atoms with Crippen molar-refractivity contribution in [3.05, 3.63) is 51.9 Å². The summed E-state index contributed by atoms with van der Waals surface area (Å²) in [5.41, 5.74) is 7.86. The molecule has 5 rings (SSSR count). The van der Waals surface area contributed by atoms with Crippen LogP contribution in [0.1, 0.15) is 72.4 Å². The Labute approximate surface area is 201 Å². The van der Waals surface area contributed by atoms with E-state index in [4.69, 9.17) is 27.1 Å². The van der Waals surface area contributed by atoms with Gasteiger partial charge in [0.2, 0.25) is 0 Å². The number of aromatic nitrogens is 3. The van der Waals surface area contributed by atoms with Crippen LogP contribution in [0.5, 0.6) is 5.75 Å². The number of fused-ring (bicyclic) bond motifs is 2. The molecule has 1 amide bonds. The standard InChI is InChI=1S/C24H27ClFN5O3/c1-11-9-14(23-29-12(2)20-22(27)28-7-8-31(20)23)13-10-15(25)19(26)18(21(13)34-11)24(33)30-16-5-3-4-6-17(16)32/h7-8,10-11,14,16-17,32H,3-6,9H2,1-2H3,(H2,27,28)(H,30,33)/t11?,14-,16+,17-/m0/s1. The molecule has 10 heteroatoms. The maximum absolute atomic E-state index is 15.3. The maximum atomic E-state index is 15.3. The van der Waals surface area contributed by atoms with E-state index in [9.17, 15) is 9.90 Å². The molecule has 4 N–H and O–H groups in total. The van der Waals surface area contributed by atoms with Crippen molar-refractivity contribution in [2.45, 2.75) is 70.1 Å². The van der Waals surface area contributed by atoms with E-state index in [0.29, 0.717) is 42.0 Å². The number of nitrogen functional groups attached to an aromatic ring is 1. The first-order chi connectivity index (χ1) is 16.3. The van der Waals surface area contributed by atoms with Crippen molar-refractivity contribution < 1.29 is 19.0 Å². The maximum Gasteiger partial charge on any atom is 0.258 e. The normalized spacial score (nSPS) is 24.5. The monoisotopic (exact) mass is 487 g/mol. The summed E-state index contributed by atoms with van der Waals surface area (Å²) in [4.78, 5) is 22.2. The van der Waals surface area contributed by atoms with Crippen LogP contribution in [0, 0.1) is 12.7 Å². The largest absolute Gasteiger partial charge is 0.489 e. The summed E-state index contributed by atoms with van der Waals surface area (Å²) in [6.45, 7) is 3.72. The number of benzene rings is 1. The fourth-order valence-corrected chi connectivity index (χ4v) is 5.42. The lowest BCUT2D eigenvalue weighted by molar-refractivity contribution is 0.0707. The molecule has 0 spiro atoms. The Morgan fingerprint density at radius 2 is 2.15 bits per heavy atom. The first kappa shape index (κ1) is 22.9. The lowest BCUT2D eigenvalue weighted by Crippen LogP contribution is -2.45. The average Bonchev–Trinajstić information content (AvgIpc) is 3.13. The third-order valence-electron chi connectivity index (χ3n) is 6.83.